The minimum atomic E-state index is 0.587. The van der Waals surface area contributed by atoms with Crippen molar-refractivity contribution in [3.05, 3.63) is 72.8 Å². The standard InChI is InChI=1S/C18H20N2O/c1-3-5-13-7-9-17(15(19)11-13)21-18-10-8-14(6-4-2)12-16(18)20/h3-4,7-12H,1-2,5-6,19-20H2. The molecule has 0 saturated carbocycles. The Bertz CT molecular complexity index is 605. The van der Waals surface area contributed by atoms with Crippen LogP contribution in [0.5, 0.6) is 11.5 Å². The Morgan fingerprint density at radius 3 is 1.57 bits per heavy atom. The summed E-state index contributed by atoms with van der Waals surface area (Å²) in [5.74, 6) is 1.21. The molecule has 2 aromatic rings. The third kappa shape index (κ3) is 3.66. The summed E-state index contributed by atoms with van der Waals surface area (Å²) in [6, 6.07) is 11.4. The second-order valence-corrected chi connectivity index (χ2v) is 4.83. The van der Waals surface area contributed by atoms with E-state index in [0.29, 0.717) is 22.9 Å². The van der Waals surface area contributed by atoms with Crippen molar-refractivity contribution < 1.29 is 4.74 Å². The van der Waals surface area contributed by atoms with Crippen molar-refractivity contribution in [1.82, 2.24) is 0 Å². The molecular weight excluding hydrogens is 260 g/mol. The summed E-state index contributed by atoms with van der Waals surface area (Å²) in [5.41, 5.74) is 15.4. The van der Waals surface area contributed by atoms with E-state index in [1.54, 1.807) is 0 Å². The maximum atomic E-state index is 6.01. The van der Waals surface area contributed by atoms with Crippen LogP contribution in [0.15, 0.2) is 61.7 Å². The molecule has 0 aliphatic carbocycles. The average molecular weight is 280 g/mol. The first-order valence-electron chi connectivity index (χ1n) is 6.80. The van der Waals surface area contributed by atoms with Crippen LogP contribution in [0.4, 0.5) is 11.4 Å². The molecule has 0 amide bonds. The van der Waals surface area contributed by atoms with E-state index in [1.807, 2.05) is 48.6 Å². The number of nitrogens with two attached hydrogens (primary N) is 2. The second kappa shape index (κ2) is 6.66. The summed E-state index contributed by atoms with van der Waals surface area (Å²) in [5, 5.41) is 0. The van der Waals surface area contributed by atoms with Gasteiger partial charge in [0, 0.05) is 0 Å². The SMILES string of the molecule is C=CCc1ccc(Oc2ccc(CC=C)cc2N)c(N)c1. The number of nitrogen functional groups attached to an aromatic ring is 2. The van der Waals surface area contributed by atoms with Gasteiger partial charge in [-0.2, -0.15) is 0 Å². The normalized spacial score (nSPS) is 10.1. The summed E-state index contributed by atoms with van der Waals surface area (Å²) in [6.07, 6.45) is 5.24. The number of rotatable bonds is 6. The largest absolute Gasteiger partial charge is 0.453 e. The van der Waals surface area contributed by atoms with E-state index >= 15 is 0 Å². The molecule has 0 atom stereocenters. The predicted octanol–water partition coefficient (Wildman–Crippen LogP) is 4.10. The monoisotopic (exact) mass is 280 g/mol. The fourth-order valence-corrected chi connectivity index (χ4v) is 2.09. The lowest BCUT2D eigenvalue weighted by atomic mass is 10.1. The van der Waals surface area contributed by atoms with Crippen molar-refractivity contribution in [3.8, 4) is 11.5 Å². The summed E-state index contributed by atoms with van der Waals surface area (Å²) in [7, 11) is 0. The van der Waals surface area contributed by atoms with E-state index in [0.717, 1.165) is 24.0 Å². The Morgan fingerprint density at radius 2 is 1.24 bits per heavy atom. The maximum Gasteiger partial charge on any atom is 0.150 e. The Balaban J connectivity index is 2.21. The van der Waals surface area contributed by atoms with Crippen molar-refractivity contribution in [2.75, 3.05) is 11.5 Å². The Hall–Kier alpha value is -2.68. The zero-order chi connectivity index (χ0) is 15.2. The number of benzene rings is 2. The van der Waals surface area contributed by atoms with E-state index in [4.69, 9.17) is 16.2 Å². The minimum Gasteiger partial charge on any atom is -0.453 e. The van der Waals surface area contributed by atoms with Gasteiger partial charge in [0.2, 0.25) is 0 Å². The molecule has 108 valence electrons. The first-order chi connectivity index (χ1) is 10.1. The number of ether oxygens (including phenoxy) is 1. The van der Waals surface area contributed by atoms with Crippen LogP contribution in [-0.4, -0.2) is 0 Å². The molecule has 21 heavy (non-hydrogen) atoms. The van der Waals surface area contributed by atoms with Gasteiger partial charge in [0.25, 0.3) is 0 Å². The molecule has 0 unspecified atom stereocenters. The topological polar surface area (TPSA) is 61.3 Å². The molecule has 0 aliphatic heterocycles. The van der Waals surface area contributed by atoms with Crippen LogP contribution in [-0.2, 0) is 12.8 Å². The average Bonchev–Trinajstić information content (AvgIpc) is 2.45. The molecule has 0 spiro atoms. The van der Waals surface area contributed by atoms with Gasteiger partial charge in [0.15, 0.2) is 0 Å². The third-order valence-electron chi connectivity index (χ3n) is 3.13. The number of anilines is 2. The number of hydrogen-bond donors (Lipinski definition) is 2. The molecule has 2 aromatic carbocycles. The fraction of sp³-hybridized carbons (Fsp3) is 0.111. The molecule has 2 rings (SSSR count). The molecule has 0 saturated heterocycles. The van der Waals surface area contributed by atoms with Gasteiger partial charge >= 0.3 is 0 Å². The molecule has 0 aromatic heterocycles. The van der Waals surface area contributed by atoms with Crippen molar-refractivity contribution >= 4 is 11.4 Å². The van der Waals surface area contributed by atoms with Gasteiger partial charge in [-0.05, 0) is 48.2 Å². The van der Waals surface area contributed by atoms with Gasteiger partial charge in [-0.1, -0.05) is 24.3 Å². The number of allylic oxidation sites excluding steroid dienone is 2. The molecule has 0 radical (unpaired) electrons. The highest BCUT2D eigenvalue weighted by Crippen LogP contribution is 2.32. The third-order valence-corrected chi connectivity index (χ3v) is 3.13. The molecule has 0 heterocycles. The summed E-state index contributed by atoms with van der Waals surface area (Å²) in [6.45, 7) is 7.43. The van der Waals surface area contributed by atoms with Gasteiger partial charge in [-0.3, -0.25) is 0 Å². The van der Waals surface area contributed by atoms with Gasteiger partial charge in [-0.25, -0.2) is 0 Å². The number of hydrogen-bond acceptors (Lipinski definition) is 3. The van der Waals surface area contributed by atoms with E-state index in [9.17, 15) is 0 Å². The van der Waals surface area contributed by atoms with Crippen LogP contribution in [0, 0.1) is 0 Å². The van der Waals surface area contributed by atoms with Gasteiger partial charge in [-0.15, -0.1) is 13.2 Å². The Morgan fingerprint density at radius 1 is 0.810 bits per heavy atom. The maximum absolute atomic E-state index is 6.01. The fourth-order valence-electron chi connectivity index (χ4n) is 2.09. The highest BCUT2D eigenvalue weighted by Gasteiger charge is 2.07. The van der Waals surface area contributed by atoms with E-state index in [2.05, 4.69) is 13.2 Å². The van der Waals surface area contributed by atoms with Gasteiger partial charge in [0.05, 0.1) is 11.4 Å². The van der Waals surface area contributed by atoms with Crippen LogP contribution in [0.3, 0.4) is 0 Å². The highest BCUT2D eigenvalue weighted by atomic mass is 16.5. The van der Waals surface area contributed by atoms with Crippen LogP contribution in [0.1, 0.15) is 11.1 Å². The zero-order valence-electron chi connectivity index (χ0n) is 12.0. The zero-order valence-corrected chi connectivity index (χ0v) is 12.0. The summed E-state index contributed by atoms with van der Waals surface area (Å²) >= 11 is 0. The van der Waals surface area contributed by atoms with Crippen LogP contribution >= 0.6 is 0 Å². The van der Waals surface area contributed by atoms with Crippen molar-refractivity contribution in [2.45, 2.75) is 12.8 Å². The lowest BCUT2D eigenvalue weighted by Crippen LogP contribution is -1.97. The first kappa shape index (κ1) is 14.7. The lowest BCUT2D eigenvalue weighted by molar-refractivity contribution is 0.487. The Labute approximate surface area is 125 Å². The van der Waals surface area contributed by atoms with Crippen LogP contribution in [0.2, 0.25) is 0 Å². The van der Waals surface area contributed by atoms with Crippen LogP contribution < -0.4 is 16.2 Å². The quantitative estimate of drug-likeness (QED) is 0.618. The lowest BCUT2D eigenvalue weighted by Gasteiger charge is -2.12. The molecular formula is C18H20N2O. The molecule has 4 N–H and O–H groups in total. The van der Waals surface area contributed by atoms with Gasteiger partial charge in [0.1, 0.15) is 11.5 Å². The molecule has 3 heteroatoms. The smallest absolute Gasteiger partial charge is 0.150 e. The summed E-state index contributed by atoms with van der Waals surface area (Å²) < 4.78 is 5.80. The first-order valence-corrected chi connectivity index (χ1v) is 6.80. The van der Waals surface area contributed by atoms with Crippen molar-refractivity contribution in [3.63, 3.8) is 0 Å². The summed E-state index contributed by atoms with van der Waals surface area (Å²) in [4.78, 5) is 0. The van der Waals surface area contributed by atoms with E-state index in [1.165, 1.54) is 0 Å². The molecule has 0 fully saturated rings. The van der Waals surface area contributed by atoms with Gasteiger partial charge < -0.3 is 16.2 Å². The van der Waals surface area contributed by atoms with E-state index in [-0.39, 0.29) is 0 Å². The van der Waals surface area contributed by atoms with Crippen molar-refractivity contribution in [1.29, 1.82) is 0 Å². The second-order valence-electron chi connectivity index (χ2n) is 4.83. The molecule has 0 bridgehead atoms. The molecule has 0 aliphatic rings. The predicted molar refractivity (Wildman–Crippen MR) is 89.6 cm³/mol. The minimum absolute atomic E-state index is 0.587. The highest BCUT2D eigenvalue weighted by molar-refractivity contribution is 5.60. The van der Waals surface area contributed by atoms with Crippen LogP contribution in [0.25, 0.3) is 0 Å². The Kier molecular flexibility index (Phi) is 4.67. The molecule has 3 nitrogen and oxygen atoms in total. The van der Waals surface area contributed by atoms with E-state index < -0.39 is 0 Å². The van der Waals surface area contributed by atoms with Crippen molar-refractivity contribution in [2.24, 2.45) is 0 Å².